The molecule has 0 spiro atoms. The molecular weight excluding hydrogens is 218 g/mol. The Morgan fingerprint density at radius 1 is 1.59 bits per heavy atom. The van der Waals surface area contributed by atoms with Gasteiger partial charge in [0.15, 0.2) is 0 Å². The summed E-state index contributed by atoms with van der Waals surface area (Å²) in [6.45, 7) is 6.70. The van der Waals surface area contributed by atoms with Crippen molar-refractivity contribution in [1.29, 1.82) is 0 Å². The van der Waals surface area contributed by atoms with E-state index in [0.29, 0.717) is 18.9 Å². The molecule has 0 amide bonds. The van der Waals surface area contributed by atoms with Gasteiger partial charge in [0, 0.05) is 19.3 Å². The number of esters is 1. The standard InChI is InChI=1S/C12H21N3O2/c1-10(2)6-13-7-11-8-15(9-14-11)5-4-12(16)17-3/h8-10,13H,4-7H2,1-3H3. The fraction of sp³-hybridized carbons (Fsp3) is 0.667. The summed E-state index contributed by atoms with van der Waals surface area (Å²) >= 11 is 0. The van der Waals surface area contributed by atoms with Gasteiger partial charge in [0.05, 0.1) is 25.6 Å². The number of hydrogen-bond donors (Lipinski definition) is 1. The monoisotopic (exact) mass is 239 g/mol. The van der Waals surface area contributed by atoms with E-state index in [1.165, 1.54) is 7.11 Å². The zero-order valence-electron chi connectivity index (χ0n) is 10.8. The van der Waals surface area contributed by atoms with Crippen LogP contribution in [0.3, 0.4) is 0 Å². The molecule has 0 aliphatic carbocycles. The molecule has 1 rings (SSSR count). The van der Waals surface area contributed by atoms with Gasteiger partial charge in [0.1, 0.15) is 0 Å². The first-order chi connectivity index (χ1) is 8.11. The van der Waals surface area contributed by atoms with Crippen molar-refractivity contribution < 1.29 is 9.53 Å². The van der Waals surface area contributed by atoms with Gasteiger partial charge in [0.25, 0.3) is 0 Å². The molecular formula is C12H21N3O2. The first kappa shape index (κ1) is 13.7. The summed E-state index contributed by atoms with van der Waals surface area (Å²) in [4.78, 5) is 15.2. The molecule has 0 aliphatic heterocycles. The molecule has 0 aliphatic rings. The van der Waals surface area contributed by atoms with Gasteiger partial charge in [-0.15, -0.1) is 0 Å². The summed E-state index contributed by atoms with van der Waals surface area (Å²) in [5, 5.41) is 3.32. The number of carbonyl (C=O) groups excluding carboxylic acids is 1. The van der Waals surface area contributed by atoms with Crippen LogP contribution in [0.4, 0.5) is 0 Å². The van der Waals surface area contributed by atoms with Crippen LogP contribution < -0.4 is 5.32 Å². The summed E-state index contributed by atoms with van der Waals surface area (Å²) in [7, 11) is 1.40. The Kier molecular flexibility index (Phi) is 5.69. The summed E-state index contributed by atoms with van der Waals surface area (Å²) in [5.74, 6) is 0.439. The molecule has 1 aromatic heterocycles. The van der Waals surface area contributed by atoms with Crippen molar-refractivity contribution in [2.45, 2.75) is 33.4 Å². The number of rotatable bonds is 7. The lowest BCUT2D eigenvalue weighted by molar-refractivity contribution is -0.140. The fourth-order valence-corrected chi connectivity index (χ4v) is 1.43. The highest BCUT2D eigenvalue weighted by Gasteiger charge is 2.03. The number of methoxy groups -OCH3 is 1. The summed E-state index contributed by atoms with van der Waals surface area (Å²) in [6, 6.07) is 0. The Morgan fingerprint density at radius 2 is 2.35 bits per heavy atom. The minimum absolute atomic E-state index is 0.196. The van der Waals surface area contributed by atoms with Gasteiger partial charge in [-0.05, 0) is 12.5 Å². The fourth-order valence-electron chi connectivity index (χ4n) is 1.43. The Morgan fingerprint density at radius 3 is 3.00 bits per heavy atom. The number of nitrogens with one attached hydrogen (secondary N) is 1. The Labute approximate surface area is 102 Å². The van der Waals surface area contributed by atoms with Crippen LogP contribution in [0.1, 0.15) is 26.0 Å². The van der Waals surface area contributed by atoms with Crippen LogP contribution in [0.2, 0.25) is 0 Å². The smallest absolute Gasteiger partial charge is 0.307 e. The van der Waals surface area contributed by atoms with Crippen molar-refractivity contribution in [1.82, 2.24) is 14.9 Å². The van der Waals surface area contributed by atoms with Gasteiger partial charge in [-0.2, -0.15) is 0 Å². The molecule has 0 atom stereocenters. The lowest BCUT2D eigenvalue weighted by atomic mass is 10.2. The molecule has 0 saturated heterocycles. The van der Waals surface area contributed by atoms with Crippen molar-refractivity contribution in [3.63, 3.8) is 0 Å². The largest absolute Gasteiger partial charge is 0.469 e. The van der Waals surface area contributed by atoms with Crippen molar-refractivity contribution >= 4 is 5.97 Å². The minimum Gasteiger partial charge on any atom is -0.469 e. The average molecular weight is 239 g/mol. The van der Waals surface area contributed by atoms with Gasteiger partial charge in [-0.3, -0.25) is 4.79 Å². The van der Waals surface area contributed by atoms with E-state index in [1.54, 1.807) is 6.33 Å². The summed E-state index contributed by atoms with van der Waals surface area (Å²) in [6.07, 6.45) is 4.08. The first-order valence-corrected chi connectivity index (χ1v) is 5.90. The maximum absolute atomic E-state index is 11.0. The lowest BCUT2D eigenvalue weighted by Gasteiger charge is -2.04. The average Bonchev–Trinajstić information content (AvgIpc) is 2.73. The molecule has 5 nitrogen and oxygen atoms in total. The van der Waals surface area contributed by atoms with Gasteiger partial charge in [-0.1, -0.05) is 13.8 Å². The third kappa shape index (κ3) is 5.49. The topological polar surface area (TPSA) is 56.2 Å². The minimum atomic E-state index is -0.196. The lowest BCUT2D eigenvalue weighted by Crippen LogP contribution is -2.19. The number of carbonyl (C=O) groups is 1. The van der Waals surface area contributed by atoms with Crippen LogP contribution in [0.15, 0.2) is 12.5 Å². The second kappa shape index (κ2) is 7.06. The first-order valence-electron chi connectivity index (χ1n) is 5.90. The molecule has 17 heavy (non-hydrogen) atoms. The van der Waals surface area contributed by atoms with E-state index in [2.05, 4.69) is 28.9 Å². The third-order valence-electron chi connectivity index (χ3n) is 2.35. The van der Waals surface area contributed by atoms with E-state index in [0.717, 1.165) is 18.8 Å². The van der Waals surface area contributed by atoms with Gasteiger partial charge in [-0.25, -0.2) is 4.98 Å². The summed E-state index contributed by atoms with van der Waals surface area (Å²) in [5.41, 5.74) is 0.996. The van der Waals surface area contributed by atoms with E-state index in [9.17, 15) is 4.79 Å². The molecule has 96 valence electrons. The van der Waals surface area contributed by atoms with Crippen molar-refractivity contribution in [3.8, 4) is 0 Å². The van der Waals surface area contributed by atoms with E-state index >= 15 is 0 Å². The molecule has 1 aromatic rings. The molecule has 0 bridgehead atoms. The van der Waals surface area contributed by atoms with Crippen LogP contribution in [0, 0.1) is 5.92 Å². The van der Waals surface area contributed by atoms with Crippen LogP contribution in [-0.2, 0) is 22.6 Å². The van der Waals surface area contributed by atoms with Crippen molar-refractivity contribution in [2.24, 2.45) is 5.92 Å². The van der Waals surface area contributed by atoms with E-state index in [1.807, 2.05) is 10.8 Å². The van der Waals surface area contributed by atoms with E-state index in [-0.39, 0.29) is 5.97 Å². The van der Waals surface area contributed by atoms with Crippen molar-refractivity contribution in [3.05, 3.63) is 18.2 Å². The SMILES string of the molecule is COC(=O)CCn1cnc(CNCC(C)C)c1. The number of aryl methyl sites for hydroxylation is 1. The Balaban J connectivity index is 2.30. The predicted octanol–water partition coefficient (Wildman–Crippen LogP) is 1.19. The molecule has 0 aromatic carbocycles. The van der Waals surface area contributed by atoms with Crippen LogP contribution in [-0.4, -0.2) is 29.2 Å². The summed E-state index contributed by atoms with van der Waals surface area (Å²) < 4.78 is 6.49. The maximum atomic E-state index is 11.0. The number of ether oxygens (including phenoxy) is 1. The van der Waals surface area contributed by atoms with Gasteiger partial charge >= 0.3 is 5.97 Å². The number of hydrogen-bond acceptors (Lipinski definition) is 4. The molecule has 0 radical (unpaired) electrons. The number of nitrogens with zero attached hydrogens (tertiary/aromatic N) is 2. The van der Waals surface area contributed by atoms with E-state index in [4.69, 9.17) is 0 Å². The highest BCUT2D eigenvalue weighted by atomic mass is 16.5. The van der Waals surface area contributed by atoms with E-state index < -0.39 is 0 Å². The second-order valence-electron chi connectivity index (χ2n) is 4.45. The number of aromatic nitrogens is 2. The molecule has 0 fully saturated rings. The molecule has 0 unspecified atom stereocenters. The van der Waals surface area contributed by atoms with Crippen LogP contribution in [0.25, 0.3) is 0 Å². The van der Waals surface area contributed by atoms with Gasteiger partial charge in [0.2, 0.25) is 0 Å². The highest BCUT2D eigenvalue weighted by molar-refractivity contribution is 5.68. The Bertz CT molecular complexity index is 347. The normalized spacial score (nSPS) is 10.8. The third-order valence-corrected chi connectivity index (χ3v) is 2.35. The van der Waals surface area contributed by atoms with Gasteiger partial charge < -0.3 is 14.6 Å². The predicted molar refractivity (Wildman–Crippen MR) is 65.4 cm³/mol. The second-order valence-corrected chi connectivity index (χ2v) is 4.45. The van der Waals surface area contributed by atoms with Crippen LogP contribution >= 0.6 is 0 Å². The van der Waals surface area contributed by atoms with Crippen molar-refractivity contribution in [2.75, 3.05) is 13.7 Å². The Hall–Kier alpha value is -1.36. The quantitative estimate of drug-likeness (QED) is 0.726. The number of imidazole rings is 1. The molecule has 0 saturated carbocycles. The highest BCUT2D eigenvalue weighted by Crippen LogP contribution is 1.99. The molecule has 1 N–H and O–H groups in total. The zero-order chi connectivity index (χ0) is 12.7. The molecule has 1 heterocycles. The zero-order valence-corrected chi connectivity index (χ0v) is 10.8. The van der Waals surface area contributed by atoms with Crippen LogP contribution in [0.5, 0.6) is 0 Å². The maximum Gasteiger partial charge on any atom is 0.307 e. The molecule has 5 heteroatoms.